The van der Waals surface area contributed by atoms with Gasteiger partial charge in [0.1, 0.15) is 5.69 Å². The van der Waals surface area contributed by atoms with Gasteiger partial charge in [0.15, 0.2) is 0 Å². The van der Waals surface area contributed by atoms with E-state index in [9.17, 15) is 14.7 Å². The lowest BCUT2D eigenvalue weighted by Crippen LogP contribution is -2.41. The van der Waals surface area contributed by atoms with Crippen molar-refractivity contribution < 1.29 is 9.90 Å². The third kappa shape index (κ3) is 3.59. The number of amides is 1. The van der Waals surface area contributed by atoms with Crippen LogP contribution in [0.15, 0.2) is 47.3 Å². The fraction of sp³-hybridized carbons (Fsp3) is 0.176. The van der Waals surface area contributed by atoms with Crippen molar-refractivity contribution in [2.45, 2.75) is 13.5 Å². The first-order valence-corrected chi connectivity index (χ1v) is 8.74. The summed E-state index contributed by atoms with van der Waals surface area (Å²) >= 11 is 12.2. The molecule has 0 radical (unpaired) electrons. The molecule has 1 aromatic heterocycles. The molecule has 0 aliphatic heterocycles. The zero-order chi connectivity index (χ0) is 19.6. The first-order chi connectivity index (χ1) is 13.0. The van der Waals surface area contributed by atoms with Gasteiger partial charge in [-0.25, -0.2) is 9.59 Å². The van der Waals surface area contributed by atoms with E-state index in [1.54, 1.807) is 49.4 Å². The molecule has 0 saturated carbocycles. The van der Waals surface area contributed by atoms with E-state index in [-0.39, 0.29) is 28.9 Å². The lowest BCUT2D eigenvalue weighted by atomic mass is 10.2. The third-order valence-electron chi connectivity index (χ3n) is 3.86. The highest BCUT2D eigenvalue weighted by Crippen LogP contribution is 2.26. The maximum absolute atomic E-state index is 12.9. The Morgan fingerprint density at radius 3 is 2.44 bits per heavy atom. The molecular formula is C17H15Cl2N5O3. The largest absolute Gasteiger partial charge is 0.392 e. The van der Waals surface area contributed by atoms with Crippen LogP contribution in [0.2, 0.25) is 10.0 Å². The highest BCUT2D eigenvalue weighted by molar-refractivity contribution is 6.37. The monoisotopic (exact) mass is 407 g/mol. The van der Waals surface area contributed by atoms with E-state index in [0.29, 0.717) is 15.9 Å². The number of halogens is 2. The van der Waals surface area contributed by atoms with Crippen LogP contribution in [0, 0.1) is 0 Å². The van der Waals surface area contributed by atoms with E-state index >= 15 is 0 Å². The highest BCUT2D eigenvalue weighted by atomic mass is 35.5. The summed E-state index contributed by atoms with van der Waals surface area (Å²) in [5.74, 6) is 0. The molecule has 1 amide bonds. The third-order valence-corrected chi connectivity index (χ3v) is 4.47. The Balaban J connectivity index is 2.03. The van der Waals surface area contributed by atoms with E-state index in [1.165, 1.54) is 4.90 Å². The number of carbonyl (C=O) groups is 1. The van der Waals surface area contributed by atoms with Gasteiger partial charge in [0, 0.05) is 12.2 Å². The normalized spacial score (nSPS) is 10.8. The molecule has 0 fully saturated rings. The summed E-state index contributed by atoms with van der Waals surface area (Å²) < 4.78 is 1.51. The number of aromatic nitrogens is 4. The van der Waals surface area contributed by atoms with Gasteiger partial charge >= 0.3 is 11.7 Å². The Labute approximate surface area is 164 Å². The first kappa shape index (κ1) is 19.1. The number of aliphatic hydroxyl groups is 1. The van der Waals surface area contributed by atoms with Gasteiger partial charge in [0.25, 0.3) is 0 Å². The highest BCUT2D eigenvalue weighted by Gasteiger charge is 2.23. The molecule has 0 spiro atoms. The minimum Gasteiger partial charge on any atom is -0.392 e. The van der Waals surface area contributed by atoms with E-state index in [1.807, 2.05) is 0 Å². The molecule has 1 N–H and O–H groups in total. The summed E-state index contributed by atoms with van der Waals surface area (Å²) in [6.45, 7) is 1.87. The van der Waals surface area contributed by atoms with Crippen LogP contribution in [0.5, 0.6) is 0 Å². The van der Waals surface area contributed by atoms with Crippen molar-refractivity contribution in [3.05, 3.63) is 68.6 Å². The zero-order valence-corrected chi connectivity index (χ0v) is 15.7. The minimum absolute atomic E-state index is 0.148. The molecule has 10 heteroatoms. The molecule has 3 aromatic rings. The summed E-state index contributed by atoms with van der Waals surface area (Å²) in [5, 5.41) is 17.1. The first-order valence-electron chi connectivity index (χ1n) is 7.99. The van der Waals surface area contributed by atoms with E-state index in [4.69, 9.17) is 23.2 Å². The van der Waals surface area contributed by atoms with Crippen molar-refractivity contribution >= 4 is 34.9 Å². The smallest absolute Gasteiger partial charge is 0.377 e. The number of nitrogens with zero attached hydrogens (tertiary/aromatic N) is 5. The van der Waals surface area contributed by atoms with Crippen molar-refractivity contribution in [3.8, 4) is 5.69 Å². The number of carbonyl (C=O) groups excluding carboxylic acids is 1. The van der Waals surface area contributed by atoms with Gasteiger partial charge < -0.3 is 5.11 Å². The Morgan fingerprint density at radius 1 is 1.15 bits per heavy atom. The second-order valence-electron chi connectivity index (χ2n) is 5.51. The van der Waals surface area contributed by atoms with Crippen LogP contribution in [-0.2, 0) is 6.61 Å². The summed E-state index contributed by atoms with van der Waals surface area (Å²) in [6, 6.07) is 10.8. The van der Waals surface area contributed by atoms with Gasteiger partial charge in [-0.3, -0.25) is 4.90 Å². The molecule has 0 aliphatic rings. The standard InChI is InChI=1S/C17H15Cl2N5O3/c1-2-22(12-6-3-5-11(9-12)10-25)16(26)24-17(27)23(20-21-24)15-13(18)7-4-8-14(15)19/h3-9,25H,2,10H2,1H3. The topological polar surface area (TPSA) is 93.3 Å². The number of rotatable bonds is 4. The number of hydrogen-bond donors (Lipinski definition) is 1. The van der Waals surface area contributed by atoms with Crippen molar-refractivity contribution in [2.24, 2.45) is 0 Å². The molecule has 0 bridgehead atoms. The Morgan fingerprint density at radius 2 is 1.81 bits per heavy atom. The van der Waals surface area contributed by atoms with Crippen LogP contribution in [0.25, 0.3) is 5.69 Å². The van der Waals surface area contributed by atoms with Crippen LogP contribution in [0.4, 0.5) is 10.5 Å². The minimum atomic E-state index is -0.799. The maximum atomic E-state index is 12.9. The van der Waals surface area contributed by atoms with Gasteiger partial charge in [0.2, 0.25) is 0 Å². The van der Waals surface area contributed by atoms with Gasteiger partial charge in [-0.15, -0.1) is 4.68 Å². The van der Waals surface area contributed by atoms with E-state index < -0.39 is 11.7 Å². The Hall–Kier alpha value is -2.68. The molecule has 27 heavy (non-hydrogen) atoms. The van der Waals surface area contributed by atoms with Gasteiger partial charge in [-0.1, -0.05) is 41.4 Å². The van der Waals surface area contributed by atoms with Crippen LogP contribution in [0.1, 0.15) is 12.5 Å². The molecule has 8 nitrogen and oxygen atoms in total. The molecule has 2 aromatic carbocycles. The van der Waals surface area contributed by atoms with Crippen LogP contribution < -0.4 is 10.6 Å². The average Bonchev–Trinajstić information content (AvgIpc) is 3.03. The average molecular weight is 408 g/mol. The number of para-hydroxylation sites is 1. The zero-order valence-electron chi connectivity index (χ0n) is 14.2. The molecule has 0 aliphatic carbocycles. The number of benzene rings is 2. The number of hydrogen-bond acceptors (Lipinski definition) is 5. The second-order valence-corrected chi connectivity index (χ2v) is 6.32. The van der Waals surface area contributed by atoms with Crippen LogP contribution in [-0.4, -0.2) is 37.5 Å². The molecule has 3 rings (SSSR count). The van der Waals surface area contributed by atoms with E-state index in [2.05, 4.69) is 10.4 Å². The fourth-order valence-electron chi connectivity index (χ4n) is 2.56. The quantitative estimate of drug-likeness (QED) is 0.671. The molecule has 1 heterocycles. The van der Waals surface area contributed by atoms with Crippen molar-refractivity contribution in [1.29, 1.82) is 0 Å². The maximum Gasteiger partial charge on any atom is 0.377 e. The van der Waals surface area contributed by atoms with Crippen LogP contribution in [0.3, 0.4) is 0 Å². The van der Waals surface area contributed by atoms with Gasteiger partial charge in [-0.2, -0.15) is 4.68 Å². The van der Waals surface area contributed by atoms with Gasteiger partial charge in [0.05, 0.1) is 16.7 Å². The predicted molar refractivity (Wildman–Crippen MR) is 102 cm³/mol. The number of anilines is 1. The van der Waals surface area contributed by atoms with Crippen molar-refractivity contribution in [2.75, 3.05) is 11.4 Å². The summed E-state index contributed by atoms with van der Waals surface area (Å²) in [7, 11) is 0. The summed E-state index contributed by atoms with van der Waals surface area (Å²) in [5.41, 5.74) is 0.505. The number of aliphatic hydroxyl groups excluding tert-OH is 1. The molecule has 0 saturated heterocycles. The van der Waals surface area contributed by atoms with Gasteiger partial charge in [-0.05, 0) is 47.2 Å². The molecular weight excluding hydrogens is 393 g/mol. The van der Waals surface area contributed by atoms with E-state index in [0.717, 1.165) is 4.68 Å². The predicted octanol–water partition coefficient (Wildman–Crippen LogP) is 2.72. The summed E-state index contributed by atoms with van der Waals surface area (Å²) in [6.07, 6.45) is 0. The number of tetrazole rings is 1. The second kappa shape index (κ2) is 7.91. The van der Waals surface area contributed by atoms with Crippen molar-refractivity contribution in [3.63, 3.8) is 0 Å². The molecule has 140 valence electrons. The lowest BCUT2D eigenvalue weighted by Gasteiger charge is -2.20. The lowest BCUT2D eigenvalue weighted by molar-refractivity contribution is 0.244. The Kier molecular flexibility index (Phi) is 5.59. The molecule has 0 unspecified atom stereocenters. The summed E-state index contributed by atoms with van der Waals surface area (Å²) in [4.78, 5) is 26.9. The van der Waals surface area contributed by atoms with Crippen LogP contribution >= 0.6 is 23.2 Å². The Bertz CT molecular complexity index is 1030. The molecule has 0 atom stereocenters. The fourth-order valence-corrected chi connectivity index (χ4v) is 3.12. The SMILES string of the molecule is CCN(C(=O)n1nnn(-c2c(Cl)cccc2Cl)c1=O)c1cccc(CO)c1. The van der Waals surface area contributed by atoms with Crippen molar-refractivity contribution in [1.82, 2.24) is 19.8 Å².